The molecule has 0 aromatic carbocycles. The van der Waals surface area contributed by atoms with E-state index in [4.69, 9.17) is 15.7 Å². The van der Waals surface area contributed by atoms with E-state index < -0.39 is 0 Å². The van der Waals surface area contributed by atoms with Gasteiger partial charge in [0.2, 0.25) is 0 Å². The second-order valence-corrected chi connectivity index (χ2v) is 3.56. The van der Waals surface area contributed by atoms with Gasteiger partial charge in [-0.3, -0.25) is 5.41 Å². The van der Waals surface area contributed by atoms with Crippen LogP contribution in [-0.4, -0.2) is 29.1 Å². The van der Waals surface area contributed by atoms with E-state index in [1.165, 1.54) is 0 Å². The number of nitrogens with one attached hydrogen (secondary N) is 1. The van der Waals surface area contributed by atoms with Gasteiger partial charge in [0.1, 0.15) is 5.76 Å². The van der Waals surface area contributed by atoms with E-state index in [2.05, 4.69) is 5.16 Å². The van der Waals surface area contributed by atoms with Crippen molar-refractivity contribution in [2.24, 2.45) is 5.73 Å². The van der Waals surface area contributed by atoms with Crippen molar-refractivity contribution in [3.05, 3.63) is 18.0 Å². The van der Waals surface area contributed by atoms with Crippen molar-refractivity contribution in [2.75, 3.05) is 13.1 Å². The molecule has 0 radical (unpaired) electrons. The van der Waals surface area contributed by atoms with Crippen LogP contribution in [0.4, 0.5) is 0 Å². The smallest absolute Gasteiger partial charge is 0.188 e. The second kappa shape index (κ2) is 3.69. The van der Waals surface area contributed by atoms with E-state index in [9.17, 15) is 0 Å². The Morgan fingerprint density at radius 3 is 2.79 bits per heavy atom. The highest BCUT2D eigenvalue weighted by atomic mass is 16.5. The molecule has 14 heavy (non-hydrogen) atoms. The third-order valence-corrected chi connectivity index (χ3v) is 2.70. The molecule has 0 aliphatic carbocycles. The molecular weight excluding hydrogens is 180 g/mol. The number of nitrogens with zero attached hydrogens (tertiary/aromatic N) is 2. The molecule has 0 unspecified atom stereocenters. The van der Waals surface area contributed by atoms with Gasteiger partial charge in [0.15, 0.2) is 5.96 Å². The molecule has 0 amide bonds. The fourth-order valence-corrected chi connectivity index (χ4v) is 1.84. The van der Waals surface area contributed by atoms with E-state index >= 15 is 0 Å². The van der Waals surface area contributed by atoms with Crippen molar-refractivity contribution < 1.29 is 4.52 Å². The van der Waals surface area contributed by atoms with E-state index in [0.29, 0.717) is 5.92 Å². The first-order chi connectivity index (χ1) is 6.77. The molecule has 1 aromatic heterocycles. The number of nitrogens with two attached hydrogens (primary N) is 1. The van der Waals surface area contributed by atoms with Crippen LogP contribution in [0.5, 0.6) is 0 Å². The Kier molecular flexibility index (Phi) is 2.39. The normalized spacial score (nSPS) is 18.4. The molecule has 1 fully saturated rings. The number of guanidine groups is 1. The van der Waals surface area contributed by atoms with E-state index in [0.717, 1.165) is 31.7 Å². The lowest BCUT2D eigenvalue weighted by molar-refractivity contribution is 0.268. The fourth-order valence-electron chi connectivity index (χ4n) is 1.84. The summed E-state index contributed by atoms with van der Waals surface area (Å²) in [7, 11) is 0. The van der Waals surface area contributed by atoms with Gasteiger partial charge in [-0.15, -0.1) is 0 Å². The standard InChI is InChI=1S/C9H14N4O/c10-9(11)13-5-2-7(3-6-13)8-1-4-12-14-8/h1,4,7H,2-3,5-6H2,(H3,10,11). The Bertz CT molecular complexity index is 301. The van der Waals surface area contributed by atoms with Crippen LogP contribution in [0.3, 0.4) is 0 Å². The Morgan fingerprint density at radius 1 is 1.57 bits per heavy atom. The van der Waals surface area contributed by atoms with Gasteiger partial charge < -0.3 is 15.2 Å². The predicted molar refractivity (Wildman–Crippen MR) is 52.0 cm³/mol. The lowest BCUT2D eigenvalue weighted by Crippen LogP contribution is -2.41. The predicted octanol–water partition coefficient (Wildman–Crippen LogP) is 0.747. The van der Waals surface area contributed by atoms with Crippen LogP contribution >= 0.6 is 0 Å². The minimum absolute atomic E-state index is 0.168. The maximum atomic E-state index is 7.30. The first-order valence-electron chi connectivity index (χ1n) is 4.77. The average Bonchev–Trinajstić information content (AvgIpc) is 2.71. The lowest BCUT2D eigenvalue weighted by Gasteiger charge is -2.30. The Balaban J connectivity index is 1.93. The highest BCUT2D eigenvalue weighted by molar-refractivity contribution is 5.74. The topological polar surface area (TPSA) is 79.1 Å². The van der Waals surface area contributed by atoms with E-state index in [1.807, 2.05) is 11.0 Å². The summed E-state index contributed by atoms with van der Waals surface area (Å²) in [5.41, 5.74) is 5.40. The number of hydrogen-bond donors (Lipinski definition) is 2. The highest BCUT2D eigenvalue weighted by Gasteiger charge is 2.23. The summed E-state index contributed by atoms with van der Waals surface area (Å²) in [5, 5.41) is 11.0. The van der Waals surface area contributed by atoms with Gasteiger partial charge in [0.25, 0.3) is 0 Å². The third kappa shape index (κ3) is 1.71. The van der Waals surface area contributed by atoms with Gasteiger partial charge in [0, 0.05) is 25.1 Å². The van der Waals surface area contributed by atoms with Crippen molar-refractivity contribution in [2.45, 2.75) is 18.8 Å². The summed E-state index contributed by atoms with van der Waals surface area (Å²) < 4.78 is 5.12. The van der Waals surface area contributed by atoms with Crippen molar-refractivity contribution in [3.8, 4) is 0 Å². The van der Waals surface area contributed by atoms with Crippen LogP contribution in [0, 0.1) is 5.41 Å². The lowest BCUT2D eigenvalue weighted by atomic mass is 9.95. The molecule has 0 bridgehead atoms. The monoisotopic (exact) mass is 194 g/mol. The third-order valence-electron chi connectivity index (χ3n) is 2.70. The van der Waals surface area contributed by atoms with Gasteiger partial charge in [-0.05, 0) is 12.8 Å². The van der Waals surface area contributed by atoms with Crippen molar-refractivity contribution in [3.63, 3.8) is 0 Å². The molecule has 1 aromatic rings. The average molecular weight is 194 g/mol. The molecule has 1 aliphatic rings. The maximum absolute atomic E-state index is 7.30. The molecule has 0 saturated carbocycles. The number of piperidine rings is 1. The van der Waals surface area contributed by atoms with Crippen LogP contribution in [0.1, 0.15) is 24.5 Å². The highest BCUT2D eigenvalue weighted by Crippen LogP contribution is 2.27. The van der Waals surface area contributed by atoms with Crippen molar-refractivity contribution >= 4 is 5.96 Å². The van der Waals surface area contributed by atoms with Gasteiger partial charge >= 0.3 is 0 Å². The first kappa shape index (κ1) is 9.05. The molecule has 1 aliphatic heterocycles. The Morgan fingerprint density at radius 2 is 2.29 bits per heavy atom. The van der Waals surface area contributed by atoms with Crippen LogP contribution in [0.2, 0.25) is 0 Å². The SMILES string of the molecule is N=C(N)N1CCC(c2ccno2)CC1. The molecule has 5 heteroatoms. The fraction of sp³-hybridized carbons (Fsp3) is 0.556. The number of hydrogen-bond acceptors (Lipinski definition) is 3. The molecule has 0 spiro atoms. The van der Waals surface area contributed by atoms with E-state index in [1.54, 1.807) is 6.20 Å². The summed E-state index contributed by atoms with van der Waals surface area (Å²) in [6.07, 6.45) is 3.64. The molecule has 76 valence electrons. The summed E-state index contributed by atoms with van der Waals surface area (Å²) >= 11 is 0. The van der Waals surface area contributed by atoms with Gasteiger partial charge in [-0.25, -0.2) is 0 Å². The molecular formula is C9H14N4O. The number of aromatic nitrogens is 1. The van der Waals surface area contributed by atoms with Gasteiger partial charge in [0.05, 0.1) is 6.20 Å². The van der Waals surface area contributed by atoms with Crippen molar-refractivity contribution in [1.82, 2.24) is 10.1 Å². The first-order valence-corrected chi connectivity index (χ1v) is 4.77. The van der Waals surface area contributed by atoms with Crippen LogP contribution in [0.15, 0.2) is 16.8 Å². The number of likely N-dealkylation sites (tertiary alicyclic amines) is 1. The summed E-state index contributed by atoms with van der Waals surface area (Å²) in [6, 6.07) is 1.91. The minimum atomic E-state index is 0.168. The van der Waals surface area contributed by atoms with Gasteiger partial charge in [-0.2, -0.15) is 0 Å². The van der Waals surface area contributed by atoms with Gasteiger partial charge in [-0.1, -0.05) is 5.16 Å². The summed E-state index contributed by atoms with van der Waals surface area (Å²) in [6.45, 7) is 1.67. The quantitative estimate of drug-likeness (QED) is 0.510. The largest absolute Gasteiger partial charge is 0.370 e. The van der Waals surface area contributed by atoms with Crippen LogP contribution in [-0.2, 0) is 0 Å². The van der Waals surface area contributed by atoms with Crippen molar-refractivity contribution in [1.29, 1.82) is 5.41 Å². The molecule has 0 atom stereocenters. The molecule has 2 rings (SSSR count). The Hall–Kier alpha value is -1.52. The molecule has 3 N–H and O–H groups in total. The summed E-state index contributed by atoms with van der Waals surface area (Å²) in [4.78, 5) is 1.88. The summed E-state index contributed by atoms with van der Waals surface area (Å²) in [5.74, 6) is 1.56. The maximum Gasteiger partial charge on any atom is 0.188 e. The second-order valence-electron chi connectivity index (χ2n) is 3.56. The molecule has 5 nitrogen and oxygen atoms in total. The minimum Gasteiger partial charge on any atom is -0.370 e. The number of rotatable bonds is 1. The van der Waals surface area contributed by atoms with Crippen LogP contribution < -0.4 is 5.73 Å². The Labute approximate surface area is 82.4 Å². The van der Waals surface area contributed by atoms with E-state index in [-0.39, 0.29) is 5.96 Å². The zero-order valence-electron chi connectivity index (χ0n) is 7.94. The zero-order chi connectivity index (χ0) is 9.97. The molecule has 1 saturated heterocycles. The zero-order valence-corrected chi connectivity index (χ0v) is 7.94. The molecule has 2 heterocycles. The van der Waals surface area contributed by atoms with Crippen LogP contribution in [0.25, 0.3) is 0 Å².